The second kappa shape index (κ2) is 6.54. The van der Waals surface area contributed by atoms with Gasteiger partial charge in [-0.15, -0.1) is 0 Å². The molecular weight excluding hydrogens is 316 g/mol. The summed E-state index contributed by atoms with van der Waals surface area (Å²) in [5.74, 6) is 0.858. The number of hydrogen-bond donors (Lipinski definition) is 3. The Balaban J connectivity index is 1.62. The van der Waals surface area contributed by atoms with Gasteiger partial charge in [0, 0.05) is 30.1 Å². The summed E-state index contributed by atoms with van der Waals surface area (Å²) in [6.45, 7) is 0.983. The number of likely N-dealkylation sites (N-methyl/N-ethyl adjacent to an activating group) is 1. The predicted octanol–water partition coefficient (Wildman–Crippen LogP) is 1.17. The molecule has 138 valence electrons. The Kier molecular flexibility index (Phi) is 4.52. The Morgan fingerprint density at radius 3 is 2.68 bits per heavy atom. The van der Waals surface area contributed by atoms with E-state index in [2.05, 4.69) is 22.3 Å². The molecule has 5 heteroatoms. The van der Waals surface area contributed by atoms with E-state index in [0.29, 0.717) is 6.04 Å². The maximum absolute atomic E-state index is 11.1. The van der Waals surface area contributed by atoms with E-state index in [1.54, 1.807) is 7.11 Å². The number of nitrogens with zero attached hydrogens (tertiary/aromatic N) is 1. The Hall–Kier alpha value is -1.14. The van der Waals surface area contributed by atoms with Crippen molar-refractivity contribution < 1.29 is 14.9 Å². The topological polar surface area (TPSA) is 65.0 Å². The van der Waals surface area contributed by atoms with Gasteiger partial charge in [0.05, 0.1) is 19.3 Å². The van der Waals surface area contributed by atoms with E-state index in [1.165, 1.54) is 5.56 Å². The average molecular weight is 346 g/mol. The van der Waals surface area contributed by atoms with Crippen LogP contribution in [0, 0.1) is 5.92 Å². The van der Waals surface area contributed by atoms with Gasteiger partial charge in [-0.2, -0.15) is 0 Å². The molecule has 0 radical (unpaired) electrons. The molecule has 2 saturated heterocycles. The molecule has 1 spiro atoms. The first kappa shape index (κ1) is 17.3. The highest BCUT2D eigenvalue weighted by Gasteiger charge is 2.58. The van der Waals surface area contributed by atoms with E-state index in [1.807, 2.05) is 19.2 Å². The molecule has 25 heavy (non-hydrogen) atoms. The van der Waals surface area contributed by atoms with Crippen LogP contribution < -0.4 is 10.1 Å². The fourth-order valence-corrected chi connectivity index (χ4v) is 5.56. The normalized spacial score (nSPS) is 40.7. The van der Waals surface area contributed by atoms with Crippen LogP contribution in [0.4, 0.5) is 0 Å². The van der Waals surface area contributed by atoms with Crippen molar-refractivity contribution >= 4 is 0 Å². The van der Waals surface area contributed by atoms with Crippen LogP contribution in [0.2, 0.25) is 0 Å². The van der Waals surface area contributed by atoms with Gasteiger partial charge in [-0.3, -0.25) is 4.90 Å². The van der Waals surface area contributed by atoms with E-state index < -0.39 is 6.10 Å². The molecule has 2 aliphatic heterocycles. The first-order valence-electron chi connectivity index (χ1n) is 9.49. The molecule has 4 rings (SSSR count). The van der Waals surface area contributed by atoms with E-state index in [9.17, 15) is 10.2 Å². The highest BCUT2D eigenvalue weighted by atomic mass is 16.5. The first-order valence-corrected chi connectivity index (χ1v) is 9.49. The number of methoxy groups -OCH3 is 1. The van der Waals surface area contributed by atoms with Crippen molar-refractivity contribution in [2.45, 2.75) is 61.9 Å². The lowest BCUT2D eigenvalue weighted by Crippen LogP contribution is -2.66. The number of rotatable bonds is 4. The maximum atomic E-state index is 11.1. The monoisotopic (exact) mass is 346 g/mol. The van der Waals surface area contributed by atoms with E-state index >= 15 is 0 Å². The highest BCUT2D eigenvalue weighted by molar-refractivity contribution is 5.28. The zero-order valence-corrected chi connectivity index (χ0v) is 15.2. The van der Waals surface area contributed by atoms with Crippen LogP contribution >= 0.6 is 0 Å². The molecule has 6 atom stereocenters. The van der Waals surface area contributed by atoms with Crippen molar-refractivity contribution in [2.24, 2.45) is 5.92 Å². The Bertz CT molecular complexity index is 607. The summed E-state index contributed by atoms with van der Waals surface area (Å²) in [6.07, 6.45) is 3.87. The van der Waals surface area contributed by atoms with Crippen molar-refractivity contribution in [3.05, 3.63) is 29.8 Å². The predicted molar refractivity (Wildman–Crippen MR) is 96.7 cm³/mol. The highest BCUT2D eigenvalue weighted by Crippen LogP contribution is 2.51. The van der Waals surface area contributed by atoms with Gasteiger partial charge < -0.3 is 20.3 Å². The molecular formula is C20H30N2O3. The summed E-state index contributed by atoms with van der Waals surface area (Å²) < 4.78 is 5.25. The summed E-state index contributed by atoms with van der Waals surface area (Å²) in [6, 6.07) is 8.68. The van der Waals surface area contributed by atoms with Crippen LogP contribution in [0.1, 0.15) is 31.2 Å². The van der Waals surface area contributed by atoms with Gasteiger partial charge in [-0.25, -0.2) is 0 Å². The number of fused-ring (bicyclic) bond motifs is 1. The van der Waals surface area contributed by atoms with Crippen LogP contribution in [0.15, 0.2) is 24.3 Å². The number of hydrogen-bond acceptors (Lipinski definition) is 5. The third kappa shape index (κ3) is 2.87. The summed E-state index contributed by atoms with van der Waals surface area (Å²) >= 11 is 0. The molecule has 0 unspecified atom stereocenters. The van der Waals surface area contributed by atoms with E-state index in [0.717, 1.165) is 44.4 Å². The number of ether oxygens (including phenoxy) is 1. The summed E-state index contributed by atoms with van der Waals surface area (Å²) in [5.41, 5.74) is 1.36. The minimum absolute atomic E-state index is 0.00357. The van der Waals surface area contributed by atoms with E-state index in [4.69, 9.17) is 4.74 Å². The Morgan fingerprint density at radius 1 is 1.24 bits per heavy atom. The third-order valence-electron chi connectivity index (χ3n) is 6.91. The van der Waals surface area contributed by atoms with Gasteiger partial charge in [-0.05, 0) is 56.8 Å². The number of aliphatic hydroxyl groups is 2. The minimum Gasteiger partial charge on any atom is -0.497 e. The van der Waals surface area contributed by atoms with Crippen LogP contribution in [0.25, 0.3) is 0 Å². The molecule has 3 fully saturated rings. The smallest absolute Gasteiger partial charge is 0.118 e. The van der Waals surface area contributed by atoms with Crippen LogP contribution in [-0.4, -0.2) is 65.6 Å². The van der Waals surface area contributed by atoms with Crippen molar-refractivity contribution in [3.63, 3.8) is 0 Å². The van der Waals surface area contributed by atoms with Gasteiger partial charge in [0.15, 0.2) is 0 Å². The quantitative estimate of drug-likeness (QED) is 0.764. The molecule has 0 aromatic heterocycles. The van der Waals surface area contributed by atoms with Crippen molar-refractivity contribution in [2.75, 3.05) is 20.7 Å². The summed E-state index contributed by atoms with van der Waals surface area (Å²) in [5, 5.41) is 25.0. The molecule has 3 N–H and O–H groups in total. The molecule has 2 bridgehead atoms. The molecule has 0 amide bonds. The SMILES string of the molecule is CN[C@@H]1CN2[C@@H](Cc3ccc(OC)cc3)[C@@H](O)[C@H]3C[C@@]2(CC[C@@H]3O)C1. The van der Waals surface area contributed by atoms with Gasteiger partial charge in [-0.1, -0.05) is 12.1 Å². The molecule has 3 aliphatic rings. The fourth-order valence-electron chi connectivity index (χ4n) is 5.56. The second-order valence-corrected chi connectivity index (χ2v) is 8.15. The number of aliphatic hydroxyl groups excluding tert-OH is 2. The number of nitrogens with one attached hydrogen (secondary N) is 1. The zero-order chi connectivity index (χ0) is 17.6. The molecule has 1 aromatic rings. The third-order valence-corrected chi connectivity index (χ3v) is 6.91. The maximum Gasteiger partial charge on any atom is 0.118 e. The molecule has 1 saturated carbocycles. The fraction of sp³-hybridized carbons (Fsp3) is 0.700. The van der Waals surface area contributed by atoms with Gasteiger partial charge >= 0.3 is 0 Å². The van der Waals surface area contributed by atoms with Gasteiger partial charge in [0.2, 0.25) is 0 Å². The van der Waals surface area contributed by atoms with Crippen molar-refractivity contribution in [1.82, 2.24) is 10.2 Å². The Labute approximate surface area is 150 Å². The first-order chi connectivity index (χ1) is 12.1. The lowest BCUT2D eigenvalue weighted by Gasteiger charge is -2.57. The molecule has 1 aromatic carbocycles. The standard InChI is InChI=1S/C20H30N2O3/c1-21-14-10-20-8-7-18(23)16(11-20)19(24)17(22(20)12-14)9-13-3-5-15(25-2)6-4-13/h3-6,14,16-19,21,23-24H,7-12H2,1-2H3/t14-,16-,17-,18-,19-,20+/m0/s1. The van der Waals surface area contributed by atoms with Crippen LogP contribution in [0.3, 0.4) is 0 Å². The Morgan fingerprint density at radius 2 is 2.00 bits per heavy atom. The average Bonchev–Trinajstić information content (AvgIpc) is 3.00. The lowest BCUT2D eigenvalue weighted by atomic mass is 9.65. The zero-order valence-electron chi connectivity index (χ0n) is 15.2. The largest absolute Gasteiger partial charge is 0.497 e. The lowest BCUT2D eigenvalue weighted by molar-refractivity contribution is -0.146. The summed E-state index contributed by atoms with van der Waals surface area (Å²) in [4.78, 5) is 2.56. The van der Waals surface area contributed by atoms with Gasteiger partial charge in [0.25, 0.3) is 0 Å². The second-order valence-electron chi connectivity index (χ2n) is 8.15. The van der Waals surface area contributed by atoms with Crippen molar-refractivity contribution in [3.8, 4) is 5.75 Å². The number of piperidine rings is 1. The molecule has 5 nitrogen and oxygen atoms in total. The molecule has 2 heterocycles. The molecule has 1 aliphatic carbocycles. The van der Waals surface area contributed by atoms with Crippen LogP contribution in [0.5, 0.6) is 5.75 Å². The summed E-state index contributed by atoms with van der Waals surface area (Å²) in [7, 11) is 3.71. The van der Waals surface area contributed by atoms with E-state index in [-0.39, 0.29) is 23.6 Å². The number of benzene rings is 1. The van der Waals surface area contributed by atoms with Crippen LogP contribution in [-0.2, 0) is 6.42 Å². The van der Waals surface area contributed by atoms with Crippen molar-refractivity contribution in [1.29, 1.82) is 0 Å². The minimum atomic E-state index is -0.471. The van der Waals surface area contributed by atoms with Gasteiger partial charge in [0.1, 0.15) is 5.75 Å².